The molecule has 2 saturated heterocycles. The first-order chi connectivity index (χ1) is 15.0. The van der Waals surface area contributed by atoms with Crippen LogP contribution in [0.15, 0.2) is 12.1 Å². The van der Waals surface area contributed by atoms with E-state index in [1.807, 2.05) is 0 Å². The standard InChI is InChI=1S/C24H31NO7/c1-22(7-6-17(28)25-18-14(26)4-3-13(19(18)29)21(30)31)16(27)5-8-24-10-12-9-15(20(22)24)32-23(12,2)11-24/h3-4,12,15-16,20,26-27,29H,5-11H2,1-2H3,(H,25,28)(H,30,31)/t12?,15?,16-,20?,22+,23?,24?/m0/s1. The summed E-state index contributed by atoms with van der Waals surface area (Å²) >= 11 is 0. The lowest BCUT2D eigenvalue weighted by atomic mass is 9.48. The van der Waals surface area contributed by atoms with Crippen LogP contribution in [0.1, 0.15) is 69.2 Å². The van der Waals surface area contributed by atoms with Crippen LogP contribution in [-0.2, 0) is 9.53 Å². The number of amides is 1. The van der Waals surface area contributed by atoms with Crippen molar-refractivity contribution in [2.75, 3.05) is 5.32 Å². The Hall–Kier alpha value is -2.32. The van der Waals surface area contributed by atoms with Crippen molar-refractivity contribution in [1.82, 2.24) is 0 Å². The Bertz CT molecular complexity index is 995. The Balaban J connectivity index is 1.34. The highest BCUT2D eigenvalue weighted by Crippen LogP contribution is 2.73. The second-order valence-corrected chi connectivity index (χ2v) is 10.9. The van der Waals surface area contributed by atoms with Gasteiger partial charge in [0.15, 0.2) is 5.75 Å². The monoisotopic (exact) mass is 445 g/mol. The molecule has 8 heteroatoms. The maximum Gasteiger partial charge on any atom is 0.339 e. The molecule has 174 valence electrons. The van der Waals surface area contributed by atoms with E-state index < -0.39 is 40.5 Å². The number of phenolic OH excluding ortho intramolecular Hbond substituents is 1. The molecule has 1 aromatic carbocycles. The van der Waals surface area contributed by atoms with Crippen LogP contribution in [0, 0.1) is 22.7 Å². The van der Waals surface area contributed by atoms with Gasteiger partial charge in [-0.25, -0.2) is 4.79 Å². The number of hydrogen-bond donors (Lipinski definition) is 5. The average molecular weight is 446 g/mol. The van der Waals surface area contributed by atoms with Gasteiger partial charge >= 0.3 is 5.97 Å². The van der Waals surface area contributed by atoms with Gasteiger partial charge in [0.25, 0.3) is 0 Å². The maximum absolute atomic E-state index is 12.8. The van der Waals surface area contributed by atoms with Crippen LogP contribution in [0.3, 0.4) is 0 Å². The molecule has 2 aliphatic heterocycles. The lowest BCUT2D eigenvalue weighted by molar-refractivity contribution is -0.216. The summed E-state index contributed by atoms with van der Waals surface area (Å²) in [6.07, 6.45) is 4.96. The largest absolute Gasteiger partial charge is 0.506 e. The van der Waals surface area contributed by atoms with Crippen molar-refractivity contribution in [1.29, 1.82) is 0 Å². The van der Waals surface area contributed by atoms with Crippen molar-refractivity contribution < 1.29 is 34.8 Å². The number of nitrogens with one attached hydrogen (secondary N) is 1. The molecule has 0 aromatic heterocycles. The fourth-order valence-electron chi connectivity index (χ4n) is 7.82. The van der Waals surface area contributed by atoms with E-state index in [0.29, 0.717) is 18.8 Å². The summed E-state index contributed by atoms with van der Waals surface area (Å²) in [6, 6.07) is 2.20. The van der Waals surface area contributed by atoms with E-state index in [-0.39, 0.29) is 35.1 Å². The predicted octanol–water partition coefficient (Wildman–Crippen LogP) is 3.25. The highest BCUT2D eigenvalue weighted by atomic mass is 16.5. The summed E-state index contributed by atoms with van der Waals surface area (Å²) in [7, 11) is 0. The summed E-state index contributed by atoms with van der Waals surface area (Å²) in [6.45, 7) is 4.29. The molecule has 32 heavy (non-hydrogen) atoms. The van der Waals surface area contributed by atoms with E-state index in [1.165, 1.54) is 0 Å². The molecule has 7 atom stereocenters. The summed E-state index contributed by atoms with van der Waals surface area (Å²) in [5, 5.41) is 42.9. The molecule has 5 N–H and O–H groups in total. The van der Waals surface area contributed by atoms with Gasteiger partial charge in [-0.1, -0.05) is 6.92 Å². The number of hydrogen-bond acceptors (Lipinski definition) is 6. The van der Waals surface area contributed by atoms with E-state index in [4.69, 9.17) is 9.84 Å². The molecule has 5 aliphatic rings. The van der Waals surface area contributed by atoms with Crippen molar-refractivity contribution in [3.05, 3.63) is 17.7 Å². The predicted molar refractivity (Wildman–Crippen MR) is 114 cm³/mol. The minimum absolute atomic E-state index is 0.0496. The topological polar surface area (TPSA) is 136 Å². The zero-order chi connectivity index (χ0) is 23.1. The molecule has 5 unspecified atom stereocenters. The van der Waals surface area contributed by atoms with E-state index in [9.17, 15) is 24.9 Å². The summed E-state index contributed by atoms with van der Waals surface area (Å²) in [4.78, 5) is 24.0. The summed E-state index contributed by atoms with van der Waals surface area (Å²) in [5.74, 6) is -2.13. The fraction of sp³-hybridized carbons (Fsp3) is 0.667. The van der Waals surface area contributed by atoms with Gasteiger partial charge in [0.1, 0.15) is 17.0 Å². The van der Waals surface area contributed by atoms with Gasteiger partial charge in [-0.05, 0) is 80.2 Å². The number of phenols is 2. The van der Waals surface area contributed by atoms with E-state index in [1.54, 1.807) is 0 Å². The van der Waals surface area contributed by atoms with Crippen LogP contribution in [0.5, 0.6) is 11.5 Å². The molecule has 1 amide bonds. The third-order valence-corrected chi connectivity index (χ3v) is 9.12. The van der Waals surface area contributed by atoms with Crippen molar-refractivity contribution in [2.24, 2.45) is 22.7 Å². The van der Waals surface area contributed by atoms with E-state index >= 15 is 0 Å². The Morgan fingerprint density at radius 2 is 2.00 bits per heavy atom. The lowest BCUT2D eigenvalue weighted by Crippen LogP contribution is -2.59. The Morgan fingerprint density at radius 1 is 1.25 bits per heavy atom. The van der Waals surface area contributed by atoms with Gasteiger partial charge < -0.3 is 30.5 Å². The number of carboxylic acids is 1. The summed E-state index contributed by atoms with van der Waals surface area (Å²) < 4.78 is 6.48. The zero-order valence-corrected chi connectivity index (χ0v) is 18.4. The van der Waals surface area contributed by atoms with Crippen molar-refractivity contribution in [2.45, 2.75) is 76.6 Å². The van der Waals surface area contributed by atoms with Gasteiger partial charge in [-0.2, -0.15) is 0 Å². The number of carbonyl (C=O) groups is 2. The van der Waals surface area contributed by atoms with Crippen molar-refractivity contribution >= 4 is 17.6 Å². The molecule has 0 radical (unpaired) electrons. The van der Waals surface area contributed by atoms with Gasteiger partial charge in [0.2, 0.25) is 5.91 Å². The highest BCUT2D eigenvalue weighted by molar-refractivity contribution is 5.99. The normalized spacial score (nSPS) is 41.5. The number of aromatic carboxylic acids is 1. The SMILES string of the molecule is CC12CC34CC[C@H](O)[C@@](C)(CCC(=O)Nc5c(O)ccc(C(=O)O)c5O)C3C(CC1C4)O2. The van der Waals surface area contributed by atoms with Crippen molar-refractivity contribution in [3.8, 4) is 11.5 Å². The molecule has 1 aromatic rings. The Kier molecular flexibility index (Phi) is 4.60. The lowest BCUT2D eigenvalue weighted by Gasteiger charge is -2.60. The molecule has 6 rings (SSSR count). The third kappa shape index (κ3) is 2.88. The number of aromatic hydroxyl groups is 2. The number of carboxylic acid groups (broad SMARTS) is 1. The molecule has 3 saturated carbocycles. The number of aliphatic hydroxyl groups is 1. The van der Waals surface area contributed by atoms with Gasteiger partial charge in [0.05, 0.1) is 17.8 Å². The molecule has 4 bridgehead atoms. The highest BCUT2D eigenvalue weighted by Gasteiger charge is 2.72. The average Bonchev–Trinajstić information content (AvgIpc) is 3.08. The minimum Gasteiger partial charge on any atom is -0.506 e. The minimum atomic E-state index is -1.36. The van der Waals surface area contributed by atoms with Gasteiger partial charge in [-0.15, -0.1) is 0 Å². The second kappa shape index (κ2) is 6.84. The smallest absolute Gasteiger partial charge is 0.339 e. The van der Waals surface area contributed by atoms with Crippen LogP contribution in [0.25, 0.3) is 0 Å². The van der Waals surface area contributed by atoms with Crippen LogP contribution < -0.4 is 5.32 Å². The second-order valence-electron chi connectivity index (χ2n) is 10.9. The number of anilines is 1. The van der Waals surface area contributed by atoms with E-state index in [0.717, 1.165) is 37.8 Å². The van der Waals surface area contributed by atoms with E-state index in [2.05, 4.69) is 19.2 Å². The molecule has 1 spiro atoms. The number of benzene rings is 1. The quantitative estimate of drug-likeness (QED) is 0.439. The molecule has 3 aliphatic carbocycles. The number of carbonyl (C=O) groups excluding carboxylic acids is 1. The maximum atomic E-state index is 12.8. The van der Waals surface area contributed by atoms with Gasteiger partial charge in [-0.3, -0.25) is 4.79 Å². The first-order valence-corrected chi connectivity index (χ1v) is 11.4. The van der Waals surface area contributed by atoms with Crippen LogP contribution >= 0.6 is 0 Å². The molecule has 5 fully saturated rings. The fourth-order valence-corrected chi connectivity index (χ4v) is 7.82. The first kappa shape index (κ1) is 21.5. The summed E-state index contributed by atoms with van der Waals surface area (Å²) in [5.41, 5.74) is -1.08. The Morgan fingerprint density at radius 3 is 2.69 bits per heavy atom. The van der Waals surface area contributed by atoms with Crippen molar-refractivity contribution in [3.63, 3.8) is 0 Å². The molecular formula is C24H31NO7. The number of ether oxygens (including phenoxy) is 1. The zero-order valence-electron chi connectivity index (χ0n) is 18.4. The molecule has 8 nitrogen and oxygen atoms in total. The molecule has 2 heterocycles. The third-order valence-electron chi connectivity index (χ3n) is 9.12. The van der Waals surface area contributed by atoms with Crippen LogP contribution in [0.2, 0.25) is 0 Å². The van der Waals surface area contributed by atoms with Crippen LogP contribution in [0.4, 0.5) is 5.69 Å². The number of aliphatic hydroxyl groups excluding tert-OH is 1. The number of rotatable bonds is 5. The Labute approximate surface area is 186 Å². The van der Waals surface area contributed by atoms with Crippen LogP contribution in [-0.4, -0.2) is 50.1 Å². The first-order valence-electron chi connectivity index (χ1n) is 11.4. The van der Waals surface area contributed by atoms with Gasteiger partial charge in [0, 0.05) is 6.42 Å². The molecular weight excluding hydrogens is 414 g/mol.